The number of carbonyl (C=O) groups is 4. The smallest absolute Gasteiger partial charge is 0.326 e. The zero-order valence-electron chi connectivity index (χ0n) is 16.4. The van der Waals surface area contributed by atoms with Gasteiger partial charge in [0.25, 0.3) is 23.4 Å². The molecule has 0 aromatic heterocycles. The Morgan fingerprint density at radius 2 is 1.94 bits per heavy atom. The second-order valence-corrected chi connectivity index (χ2v) is 7.17. The van der Waals surface area contributed by atoms with Crippen LogP contribution in [-0.2, 0) is 14.3 Å². The SMILES string of the molecule is Cc1ccc(Cl)cc1NC(=O)C(C)OC(=O)CN1C(=O)c2cccc([N+](=O)[O-])c2C1=O. The van der Waals surface area contributed by atoms with Gasteiger partial charge in [-0.1, -0.05) is 23.7 Å². The number of ether oxygens (including phenoxy) is 1. The summed E-state index contributed by atoms with van der Waals surface area (Å²) in [7, 11) is 0. The summed E-state index contributed by atoms with van der Waals surface area (Å²) in [4.78, 5) is 60.4. The van der Waals surface area contributed by atoms with E-state index in [1.165, 1.54) is 25.1 Å². The van der Waals surface area contributed by atoms with Crippen molar-refractivity contribution in [2.75, 3.05) is 11.9 Å². The first-order chi connectivity index (χ1) is 14.6. The molecular formula is C20H16ClN3O7. The number of nitrogens with one attached hydrogen (secondary N) is 1. The fourth-order valence-electron chi connectivity index (χ4n) is 2.99. The maximum Gasteiger partial charge on any atom is 0.326 e. The van der Waals surface area contributed by atoms with Crippen molar-refractivity contribution in [3.63, 3.8) is 0 Å². The lowest BCUT2D eigenvalue weighted by molar-refractivity contribution is -0.385. The van der Waals surface area contributed by atoms with Gasteiger partial charge in [-0.15, -0.1) is 0 Å². The number of anilines is 1. The number of nitrogens with zero attached hydrogens (tertiary/aromatic N) is 2. The van der Waals surface area contributed by atoms with E-state index in [1.54, 1.807) is 19.1 Å². The predicted molar refractivity (Wildman–Crippen MR) is 109 cm³/mol. The van der Waals surface area contributed by atoms with Crippen LogP contribution < -0.4 is 5.32 Å². The number of aryl methyl sites for hydroxylation is 1. The molecule has 0 spiro atoms. The Morgan fingerprint density at radius 3 is 2.61 bits per heavy atom. The average molecular weight is 446 g/mol. The van der Waals surface area contributed by atoms with Crippen molar-refractivity contribution in [1.29, 1.82) is 0 Å². The summed E-state index contributed by atoms with van der Waals surface area (Å²) in [6.45, 7) is 2.28. The van der Waals surface area contributed by atoms with E-state index in [-0.39, 0.29) is 11.1 Å². The number of halogens is 1. The van der Waals surface area contributed by atoms with Crippen LogP contribution in [0.3, 0.4) is 0 Å². The quantitative estimate of drug-likeness (QED) is 0.312. The third kappa shape index (κ3) is 4.38. The number of carbonyl (C=O) groups excluding carboxylic acids is 4. The van der Waals surface area contributed by atoms with Gasteiger partial charge in [0.05, 0.1) is 10.5 Å². The number of rotatable bonds is 6. The lowest BCUT2D eigenvalue weighted by atomic mass is 10.1. The van der Waals surface area contributed by atoms with Gasteiger partial charge in [-0.3, -0.25) is 34.2 Å². The van der Waals surface area contributed by atoms with Gasteiger partial charge in [0.2, 0.25) is 0 Å². The highest BCUT2D eigenvalue weighted by molar-refractivity contribution is 6.31. The first-order valence-corrected chi connectivity index (χ1v) is 9.38. The molecule has 11 heteroatoms. The summed E-state index contributed by atoms with van der Waals surface area (Å²) >= 11 is 5.91. The molecule has 3 rings (SSSR count). The van der Waals surface area contributed by atoms with Crippen molar-refractivity contribution in [2.24, 2.45) is 0 Å². The Labute approximate surface area is 180 Å². The maximum atomic E-state index is 12.5. The molecule has 1 atom stereocenters. The fraction of sp³-hybridized carbons (Fsp3) is 0.200. The summed E-state index contributed by atoms with van der Waals surface area (Å²) in [5, 5.41) is 14.1. The first-order valence-electron chi connectivity index (χ1n) is 9.00. The largest absolute Gasteiger partial charge is 0.451 e. The van der Waals surface area contributed by atoms with Gasteiger partial charge in [0.1, 0.15) is 12.1 Å². The van der Waals surface area contributed by atoms with Crippen LogP contribution in [0.25, 0.3) is 0 Å². The van der Waals surface area contributed by atoms with E-state index < -0.39 is 47.0 Å². The Hall–Kier alpha value is -3.79. The molecule has 0 saturated heterocycles. The van der Waals surface area contributed by atoms with Crippen molar-refractivity contribution < 1.29 is 28.8 Å². The van der Waals surface area contributed by atoms with Crippen molar-refractivity contribution in [3.8, 4) is 0 Å². The fourth-order valence-corrected chi connectivity index (χ4v) is 3.16. The van der Waals surface area contributed by atoms with Crippen LogP contribution >= 0.6 is 11.6 Å². The van der Waals surface area contributed by atoms with E-state index in [0.717, 1.165) is 11.6 Å². The van der Waals surface area contributed by atoms with Crippen LogP contribution in [0.5, 0.6) is 0 Å². The standard InChI is InChI=1S/C20H16ClN3O7/c1-10-6-7-12(21)8-14(10)22-18(26)11(2)31-16(25)9-23-19(27)13-4-3-5-15(24(29)30)17(13)20(23)28/h3-8,11H,9H2,1-2H3,(H,22,26). The third-order valence-electron chi connectivity index (χ3n) is 4.60. The van der Waals surface area contributed by atoms with Gasteiger partial charge in [-0.2, -0.15) is 0 Å². The van der Waals surface area contributed by atoms with Gasteiger partial charge in [0.15, 0.2) is 6.10 Å². The summed E-state index contributed by atoms with van der Waals surface area (Å²) in [6, 6.07) is 8.52. The second-order valence-electron chi connectivity index (χ2n) is 6.73. The molecule has 160 valence electrons. The molecule has 1 heterocycles. The number of fused-ring (bicyclic) bond motifs is 1. The number of nitro groups is 1. The molecule has 0 saturated carbocycles. The number of imide groups is 1. The molecule has 0 bridgehead atoms. The summed E-state index contributed by atoms with van der Waals surface area (Å²) in [6.07, 6.45) is -1.24. The highest BCUT2D eigenvalue weighted by Crippen LogP contribution is 2.30. The van der Waals surface area contributed by atoms with Gasteiger partial charge < -0.3 is 10.1 Å². The molecule has 0 aliphatic carbocycles. The Morgan fingerprint density at radius 1 is 1.23 bits per heavy atom. The molecule has 0 radical (unpaired) electrons. The van der Waals surface area contributed by atoms with Gasteiger partial charge >= 0.3 is 5.97 Å². The minimum absolute atomic E-state index is 0.172. The van der Waals surface area contributed by atoms with Crippen LogP contribution in [0.4, 0.5) is 11.4 Å². The lowest BCUT2D eigenvalue weighted by Crippen LogP contribution is -2.38. The lowest BCUT2D eigenvalue weighted by Gasteiger charge is -2.17. The maximum absolute atomic E-state index is 12.5. The van der Waals surface area contributed by atoms with Crippen molar-refractivity contribution in [1.82, 2.24) is 4.90 Å². The molecule has 1 aliphatic rings. The van der Waals surface area contributed by atoms with Crippen molar-refractivity contribution in [3.05, 3.63) is 68.2 Å². The molecule has 1 unspecified atom stereocenters. The third-order valence-corrected chi connectivity index (χ3v) is 4.83. The summed E-state index contributed by atoms with van der Waals surface area (Å²) in [5.41, 5.74) is 0.0926. The minimum atomic E-state index is -1.24. The summed E-state index contributed by atoms with van der Waals surface area (Å²) in [5.74, 6) is -3.50. The molecule has 3 amide bonds. The van der Waals surface area contributed by atoms with E-state index in [4.69, 9.17) is 16.3 Å². The van der Waals surface area contributed by atoms with Crippen molar-refractivity contribution in [2.45, 2.75) is 20.0 Å². The Balaban J connectivity index is 1.67. The van der Waals surface area contributed by atoms with E-state index in [9.17, 15) is 29.3 Å². The highest BCUT2D eigenvalue weighted by atomic mass is 35.5. The molecule has 2 aromatic rings. The van der Waals surface area contributed by atoms with Gasteiger partial charge in [-0.05, 0) is 37.6 Å². The van der Waals surface area contributed by atoms with Crippen molar-refractivity contribution >= 4 is 46.7 Å². The molecule has 1 N–H and O–H groups in total. The normalized spacial score (nSPS) is 13.6. The van der Waals surface area contributed by atoms with Crippen LogP contribution in [-0.4, -0.2) is 46.2 Å². The van der Waals surface area contributed by atoms with Crippen LogP contribution in [0.2, 0.25) is 5.02 Å². The molecule has 31 heavy (non-hydrogen) atoms. The number of nitro benzene ring substituents is 1. The number of esters is 1. The van der Waals surface area contributed by atoms with Crippen LogP contribution in [0, 0.1) is 17.0 Å². The molecule has 0 fully saturated rings. The van der Waals surface area contributed by atoms with E-state index in [0.29, 0.717) is 15.6 Å². The number of hydrogen-bond acceptors (Lipinski definition) is 7. The molecule has 1 aliphatic heterocycles. The zero-order chi connectivity index (χ0) is 22.9. The topological polar surface area (TPSA) is 136 Å². The zero-order valence-corrected chi connectivity index (χ0v) is 17.1. The summed E-state index contributed by atoms with van der Waals surface area (Å²) < 4.78 is 5.03. The Bertz CT molecular complexity index is 1130. The number of hydrogen-bond donors (Lipinski definition) is 1. The van der Waals surface area contributed by atoms with Crippen LogP contribution in [0.15, 0.2) is 36.4 Å². The van der Waals surface area contributed by atoms with E-state index >= 15 is 0 Å². The van der Waals surface area contributed by atoms with Gasteiger partial charge in [0, 0.05) is 16.8 Å². The average Bonchev–Trinajstić information content (AvgIpc) is 2.95. The number of benzene rings is 2. The van der Waals surface area contributed by atoms with E-state index in [1.807, 2.05) is 0 Å². The molecular weight excluding hydrogens is 430 g/mol. The molecule has 2 aromatic carbocycles. The number of amides is 3. The predicted octanol–water partition coefficient (Wildman–Crippen LogP) is 2.72. The second kappa shape index (κ2) is 8.52. The monoisotopic (exact) mass is 445 g/mol. The highest BCUT2D eigenvalue weighted by Gasteiger charge is 2.42. The minimum Gasteiger partial charge on any atom is -0.451 e. The van der Waals surface area contributed by atoms with Gasteiger partial charge in [-0.25, -0.2) is 0 Å². The van der Waals surface area contributed by atoms with E-state index in [2.05, 4.69) is 5.32 Å². The van der Waals surface area contributed by atoms with Crippen LogP contribution in [0.1, 0.15) is 33.2 Å². The first kappa shape index (κ1) is 21.9. The Kier molecular flexibility index (Phi) is 6.02. The molecule has 10 nitrogen and oxygen atoms in total.